The quantitative estimate of drug-likeness (QED) is 0.858. The molecule has 23 heavy (non-hydrogen) atoms. The van der Waals surface area contributed by atoms with Gasteiger partial charge in [-0.3, -0.25) is 9.58 Å². The minimum Gasteiger partial charge on any atom is -0.476 e. The third-order valence-corrected chi connectivity index (χ3v) is 4.31. The SMILES string of the molecule is CCn1ccnc1CN1CCCC(Cn2cc(C(=O)O)nn2)C1. The summed E-state index contributed by atoms with van der Waals surface area (Å²) in [5, 5.41) is 16.5. The Hall–Kier alpha value is -2.22. The maximum atomic E-state index is 10.9. The topological polar surface area (TPSA) is 89.1 Å². The van der Waals surface area contributed by atoms with Crippen molar-refractivity contribution in [1.29, 1.82) is 0 Å². The molecule has 3 heterocycles. The molecule has 0 spiro atoms. The maximum absolute atomic E-state index is 10.9. The Kier molecular flexibility index (Phi) is 4.71. The summed E-state index contributed by atoms with van der Waals surface area (Å²) < 4.78 is 3.81. The number of carboxylic acid groups (broad SMARTS) is 1. The second-order valence-corrected chi connectivity index (χ2v) is 6.00. The molecule has 0 aromatic carbocycles. The molecular weight excluding hydrogens is 296 g/mol. The Morgan fingerprint density at radius 1 is 1.48 bits per heavy atom. The molecule has 2 aromatic rings. The molecule has 0 amide bonds. The first kappa shape index (κ1) is 15.7. The van der Waals surface area contributed by atoms with E-state index in [1.807, 2.05) is 12.4 Å². The highest BCUT2D eigenvalue weighted by Gasteiger charge is 2.22. The van der Waals surface area contributed by atoms with E-state index in [1.165, 1.54) is 6.20 Å². The van der Waals surface area contributed by atoms with Crippen molar-refractivity contribution in [3.05, 3.63) is 30.1 Å². The summed E-state index contributed by atoms with van der Waals surface area (Å²) in [5.41, 5.74) is 0.00244. The number of rotatable bonds is 6. The van der Waals surface area contributed by atoms with Crippen LogP contribution in [0.4, 0.5) is 0 Å². The number of hydrogen-bond acceptors (Lipinski definition) is 5. The zero-order valence-electron chi connectivity index (χ0n) is 13.3. The van der Waals surface area contributed by atoms with Gasteiger partial charge in [-0.05, 0) is 32.2 Å². The van der Waals surface area contributed by atoms with E-state index in [4.69, 9.17) is 5.11 Å². The van der Waals surface area contributed by atoms with Crippen LogP contribution in [0.5, 0.6) is 0 Å². The van der Waals surface area contributed by atoms with E-state index in [-0.39, 0.29) is 5.69 Å². The smallest absolute Gasteiger partial charge is 0.358 e. The molecule has 0 radical (unpaired) electrons. The van der Waals surface area contributed by atoms with Crippen molar-refractivity contribution >= 4 is 5.97 Å². The maximum Gasteiger partial charge on any atom is 0.358 e. The van der Waals surface area contributed by atoms with Gasteiger partial charge >= 0.3 is 5.97 Å². The molecule has 1 aliphatic rings. The fourth-order valence-corrected chi connectivity index (χ4v) is 3.17. The lowest BCUT2D eigenvalue weighted by molar-refractivity contribution is 0.0690. The van der Waals surface area contributed by atoms with Crippen molar-refractivity contribution in [2.45, 2.75) is 39.4 Å². The minimum absolute atomic E-state index is 0.00244. The highest BCUT2D eigenvalue weighted by atomic mass is 16.4. The molecule has 1 atom stereocenters. The summed E-state index contributed by atoms with van der Waals surface area (Å²) in [6, 6.07) is 0. The van der Waals surface area contributed by atoms with Crippen LogP contribution in [-0.4, -0.2) is 53.6 Å². The second kappa shape index (κ2) is 6.91. The predicted molar refractivity (Wildman–Crippen MR) is 82.9 cm³/mol. The van der Waals surface area contributed by atoms with E-state index >= 15 is 0 Å². The Bertz CT molecular complexity index is 664. The monoisotopic (exact) mass is 318 g/mol. The first-order valence-electron chi connectivity index (χ1n) is 8.01. The summed E-state index contributed by atoms with van der Waals surface area (Å²) in [4.78, 5) is 17.7. The number of aromatic nitrogens is 5. The van der Waals surface area contributed by atoms with Crippen LogP contribution in [0.15, 0.2) is 18.6 Å². The number of piperidine rings is 1. The van der Waals surface area contributed by atoms with E-state index < -0.39 is 5.97 Å². The van der Waals surface area contributed by atoms with Crippen molar-refractivity contribution in [3.8, 4) is 0 Å². The van der Waals surface area contributed by atoms with E-state index in [9.17, 15) is 4.79 Å². The van der Waals surface area contributed by atoms with E-state index in [0.717, 1.165) is 44.8 Å². The van der Waals surface area contributed by atoms with E-state index in [1.54, 1.807) is 4.68 Å². The first-order valence-corrected chi connectivity index (χ1v) is 8.01. The van der Waals surface area contributed by atoms with Crippen molar-refractivity contribution < 1.29 is 9.90 Å². The van der Waals surface area contributed by atoms with Gasteiger partial charge in [-0.25, -0.2) is 9.78 Å². The predicted octanol–water partition coefficient (Wildman–Crippen LogP) is 1.10. The molecule has 0 bridgehead atoms. The second-order valence-electron chi connectivity index (χ2n) is 6.00. The summed E-state index contributed by atoms with van der Waals surface area (Å²) in [5.74, 6) is 0.520. The molecule has 2 aromatic heterocycles. The lowest BCUT2D eigenvalue weighted by Gasteiger charge is -2.32. The van der Waals surface area contributed by atoms with Crippen LogP contribution >= 0.6 is 0 Å². The van der Waals surface area contributed by atoms with Gasteiger partial charge in [0.05, 0.1) is 12.7 Å². The number of imidazole rings is 1. The van der Waals surface area contributed by atoms with Gasteiger partial charge in [-0.1, -0.05) is 5.21 Å². The van der Waals surface area contributed by atoms with Gasteiger partial charge in [0.2, 0.25) is 0 Å². The van der Waals surface area contributed by atoms with Crippen LogP contribution in [-0.2, 0) is 19.6 Å². The highest BCUT2D eigenvalue weighted by Crippen LogP contribution is 2.19. The first-order chi connectivity index (χ1) is 11.2. The molecule has 1 N–H and O–H groups in total. The molecule has 3 rings (SSSR count). The lowest BCUT2D eigenvalue weighted by Crippen LogP contribution is -2.37. The molecule has 1 saturated heterocycles. The fraction of sp³-hybridized carbons (Fsp3) is 0.600. The zero-order valence-corrected chi connectivity index (χ0v) is 13.3. The largest absolute Gasteiger partial charge is 0.476 e. The van der Waals surface area contributed by atoms with Crippen LogP contribution in [0.25, 0.3) is 0 Å². The number of aromatic carboxylic acids is 1. The van der Waals surface area contributed by atoms with Crippen LogP contribution in [0.1, 0.15) is 36.1 Å². The third-order valence-electron chi connectivity index (χ3n) is 4.31. The third kappa shape index (κ3) is 3.76. The fourth-order valence-electron chi connectivity index (χ4n) is 3.17. The molecule has 0 saturated carbocycles. The van der Waals surface area contributed by atoms with Gasteiger partial charge in [-0.15, -0.1) is 5.10 Å². The molecule has 1 unspecified atom stereocenters. The van der Waals surface area contributed by atoms with Crippen LogP contribution < -0.4 is 0 Å². The Morgan fingerprint density at radius 2 is 2.35 bits per heavy atom. The number of likely N-dealkylation sites (tertiary alicyclic amines) is 1. The molecule has 8 nitrogen and oxygen atoms in total. The Balaban J connectivity index is 1.58. The number of aryl methyl sites for hydroxylation is 1. The lowest BCUT2D eigenvalue weighted by atomic mass is 9.98. The number of carbonyl (C=O) groups is 1. The summed E-state index contributed by atoms with van der Waals surface area (Å²) >= 11 is 0. The van der Waals surface area contributed by atoms with Crippen LogP contribution in [0, 0.1) is 5.92 Å². The van der Waals surface area contributed by atoms with Gasteiger partial charge in [0.25, 0.3) is 0 Å². The zero-order chi connectivity index (χ0) is 16.2. The molecule has 0 aliphatic carbocycles. The molecule has 1 aliphatic heterocycles. The number of carboxylic acids is 1. The normalized spacial score (nSPS) is 19.1. The van der Waals surface area contributed by atoms with Gasteiger partial charge in [0, 0.05) is 32.0 Å². The molecule has 1 fully saturated rings. The summed E-state index contributed by atoms with van der Waals surface area (Å²) in [7, 11) is 0. The average Bonchev–Trinajstić information content (AvgIpc) is 3.17. The number of hydrogen-bond donors (Lipinski definition) is 1. The molecule has 8 heteroatoms. The Labute approximate surface area is 134 Å². The van der Waals surface area contributed by atoms with Crippen molar-refractivity contribution in [2.24, 2.45) is 5.92 Å². The standard InChI is InChI=1S/C15H22N6O2/c1-2-20-7-5-16-14(20)11-19-6-3-4-12(8-19)9-21-10-13(15(22)23)17-18-21/h5,7,10,12H,2-4,6,8-9,11H2,1H3,(H,22,23). The average molecular weight is 318 g/mol. The van der Waals surface area contributed by atoms with E-state index in [2.05, 4.69) is 31.7 Å². The highest BCUT2D eigenvalue weighted by molar-refractivity contribution is 5.84. The van der Waals surface area contributed by atoms with Crippen molar-refractivity contribution in [3.63, 3.8) is 0 Å². The molecular formula is C15H22N6O2. The number of nitrogens with zero attached hydrogens (tertiary/aromatic N) is 6. The van der Waals surface area contributed by atoms with Crippen molar-refractivity contribution in [1.82, 2.24) is 29.4 Å². The van der Waals surface area contributed by atoms with Gasteiger partial charge in [-0.2, -0.15) is 0 Å². The summed E-state index contributed by atoms with van der Waals surface area (Å²) in [6.07, 6.45) is 7.63. The van der Waals surface area contributed by atoms with Gasteiger partial charge in [0.1, 0.15) is 5.82 Å². The van der Waals surface area contributed by atoms with Crippen LogP contribution in [0.2, 0.25) is 0 Å². The van der Waals surface area contributed by atoms with Crippen molar-refractivity contribution in [2.75, 3.05) is 13.1 Å². The van der Waals surface area contributed by atoms with Gasteiger partial charge < -0.3 is 9.67 Å². The molecule has 124 valence electrons. The van der Waals surface area contributed by atoms with E-state index in [0.29, 0.717) is 12.5 Å². The Morgan fingerprint density at radius 3 is 3.09 bits per heavy atom. The minimum atomic E-state index is -1.03. The summed E-state index contributed by atoms with van der Waals surface area (Å²) in [6.45, 7) is 6.66. The van der Waals surface area contributed by atoms with Gasteiger partial charge in [0.15, 0.2) is 5.69 Å². The van der Waals surface area contributed by atoms with Crippen LogP contribution in [0.3, 0.4) is 0 Å².